The number of carboxylic acids is 1. The Morgan fingerprint density at radius 2 is 1.90 bits per heavy atom. The van der Waals surface area contributed by atoms with E-state index in [0.29, 0.717) is 66.5 Å². The summed E-state index contributed by atoms with van der Waals surface area (Å²) in [6.45, 7) is 2.96. The van der Waals surface area contributed by atoms with E-state index in [4.69, 9.17) is 32.7 Å². The maximum atomic E-state index is 14.1. The number of nitrogens with zero attached hydrogens (tertiary/aromatic N) is 3. The van der Waals surface area contributed by atoms with E-state index in [1.807, 2.05) is 6.92 Å². The van der Waals surface area contributed by atoms with Gasteiger partial charge in [-0.1, -0.05) is 31.4 Å². The minimum atomic E-state index is -0.955. The molecule has 2 heterocycles. The molecule has 1 aromatic rings. The zero-order chi connectivity index (χ0) is 29.1. The lowest BCUT2D eigenvalue weighted by atomic mass is 9.78. The third-order valence-electron chi connectivity index (χ3n) is 8.21. The number of hydrogen-bond donors (Lipinski definition) is 3. The van der Waals surface area contributed by atoms with Crippen LogP contribution in [0.3, 0.4) is 0 Å². The molecule has 0 aromatic heterocycles. The summed E-state index contributed by atoms with van der Waals surface area (Å²) in [5.74, 6) is 3.82. The lowest BCUT2D eigenvalue weighted by Gasteiger charge is -2.45. The number of rotatable bonds is 9. The van der Waals surface area contributed by atoms with Crippen molar-refractivity contribution in [2.75, 3.05) is 40.5 Å². The average Bonchev–Trinajstić information content (AvgIpc) is 3.27. The first-order valence-corrected chi connectivity index (χ1v) is 14.1. The average molecular weight is 578 g/mol. The van der Waals surface area contributed by atoms with E-state index in [1.54, 1.807) is 36.1 Å². The van der Waals surface area contributed by atoms with Crippen molar-refractivity contribution in [2.24, 2.45) is 29.3 Å². The predicted molar refractivity (Wildman–Crippen MR) is 149 cm³/mol. The molecule has 2 fully saturated rings. The normalized spacial score (nSPS) is 25.4. The number of fused-ring (bicyclic) bond motifs is 1. The van der Waals surface area contributed by atoms with E-state index >= 15 is 0 Å². The standard InChI is InChI=1S/C28H40ClN5O6/c1-16-12-24(35)34(13-16)26-25-19(10-11-33(26)27(36)17-6-4-5-7-18(17)28(37)38)20(29)8-9-23(25)40-14-21(30)22(15-39-3)32(2)31/h8-9,16-18,26H,4-7,10-15,30-31H2,1-3H3,(H,37,38)/b22-21-. The Morgan fingerprint density at radius 1 is 1.20 bits per heavy atom. The molecule has 0 radical (unpaired) electrons. The molecule has 0 spiro atoms. The van der Waals surface area contributed by atoms with Crippen LogP contribution in [-0.4, -0.2) is 78.2 Å². The highest BCUT2D eigenvalue weighted by Gasteiger charge is 2.46. The number of amides is 2. The molecule has 2 amide bonds. The van der Waals surface area contributed by atoms with Gasteiger partial charge in [0.15, 0.2) is 0 Å². The number of benzene rings is 1. The van der Waals surface area contributed by atoms with Gasteiger partial charge in [-0.05, 0) is 42.9 Å². The minimum absolute atomic E-state index is 0.0109. The topological polar surface area (TPSA) is 152 Å². The van der Waals surface area contributed by atoms with E-state index in [2.05, 4.69) is 0 Å². The Hall–Kier alpha value is -3.02. The maximum absolute atomic E-state index is 14.1. The molecule has 1 saturated carbocycles. The number of carboxylic acid groups (broad SMARTS) is 1. The van der Waals surface area contributed by atoms with Gasteiger partial charge in [0, 0.05) is 44.3 Å². The smallest absolute Gasteiger partial charge is 0.307 e. The SMILES string of the molecule is COC/C(=C(/N)COc1ccc(Cl)c2c1C(N1CC(C)CC1=O)N(C(=O)C1CCCCC1C(=O)O)CC2)N(C)N. The summed E-state index contributed by atoms with van der Waals surface area (Å²) in [7, 11) is 3.19. The molecule has 0 bridgehead atoms. The zero-order valence-corrected chi connectivity index (χ0v) is 24.2. The van der Waals surface area contributed by atoms with Crippen molar-refractivity contribution in [3.05, 3.63) is 39.7 Å². The van der Waals surface area contributed by atoms with Crippen molar-refractivity contribution in [3.8, 4) is 5.75 Å². The molecule has 3 aliphatic rings. The molecule has 1 saturated heterocycles. The lowest BCUT2D eigenvalue weighted by molar-refractivity contribution is -0.157. The Bertz CT molecular complexity index is 1170. The lowest BCUT2D eigenvalue weighted by Crippen LogP contribution is -2.52. The van der Waals surface area contributed by atoms with Gasteiger partial charge in [-0.2, -0.15) is 0 Å². The van der Waals surface area contributed by atoms with E-state index in [1.165, 1.54) is 5.01 Å². The van der Waals surface area contributed by atoms with Gasteiger partial charge >= 0.3 is 5.97 Å². The summed E-state index contributed by atoms with van der Waals surface area (Å²) >= 11 is 6.67. The van der Waals surface area contributed by atoms with Crippen LogP contribution in [0, 0.1) is 17.8 Å². The number of halogens is 1. The fourth-order valence-corrected chi connectivity index (χ4v) is 6.49. The number of methoxy groups -OCH3 is 1. The molecule has 11 nitrogen and oxygen atoms in total. The Labute approximate surface area is 239 Å². The van der Waals surface area contributed by atoms with Crippen LogP contribution in [0.25, 0.3) is 0 Å². The van der Waals surface area contributed by atoms with Crippen molar-refractivity contribution < 1.29 is 29.0 Å². The molecule has 4 atom stereocenters. The van der Waals surface area contributed by atoms with Crippen molar-refractivity contribution in [2.45, 2.75) is 51.6 Å². The largest absolute Gasteiger partial charge is 0.487 e. The molecule has 220 valence electrons. The molecule has 2 aliphatic heterocycles. The number of nitrogens with two attached hydrogens (primary N) is 2. The highest BCUT2D eigenvalue weighted by Crippen LogP contribution is 2.45. The number of likely N-dealkylation sites (tertiary alicyclic amines) is 1. The second kappa shape index (κ2) is 12.7. The predicted octanol–water partition coefficient (Wildman–Crippen LogP) is 2.48. The van der Waals surface area contributed by atoms with Crippen LogP contribution < -0.4 is 16.3 Å². The first kappa shape index (κ1) is 30.0. The number of ether oxygens (including phenoxy) is 2. The zero-order valence-electron chi connectivity index (χ0n) is 23.4. The molecular weight excluding hydrogens is 538 g/mol. The second-order valence-corrected chi connectivity index (χ2v) is 11.5. The quantitative estimate of drug-likeness (QED) is 0.297. The highest BCUT2D eigenvalue weighted by molar-refractivity contribution is 6.31. The maximum Gasteiger partial charge on any atom is 0.307 e. The summed E-state index contributed by atoms with van der Waals surface area (Å²) in [4.78, 5) is 42.9. The van der Waals surface area contributed by atoms with Gasteiger partial charge in [0.2, 0.25) is 11.8 Å². The molecule has 5 N–H and O–H groups in total. The number of aliphatic carboxylic acids is 1. The highest BCUT2D eigenvalue weighted by atomic mass is 35.5. The third kappa shape index (κ3) is 6.01. The van der Waals surface area contributed by atoms with E-state index in [9.17, 15) is 19.5 Å². The first-order valence-electron chi connectivity index (χ1n) is 13.8. The number of hydrogen-bond acceptors (Lipinski definition) is 8. The fourth-order valence-electron chi connectivity index (χ4n) is 6.23. The molecule has 4 rings (SSSR count). The van der Waals surface area contributed by atoms with E-state index in [0.717, 1.165) is 18.4 Å². The van der Waals surface area contributed by atoms with Crippen LogP contribution in [0.4, 0.5) is 0 Å². The number of carbonyl (C=O) groups excluding carboxylic acids is 2. The molecular formula is C28H40ClN5O6. The van der Waals surface area contributed by atoms with Gasteiger partial charge in [-0.25, -0.2) is 5.84 Å². The van der Waals surface area contributed by atoms with Gasteiger partial charge in [0.25, 0.3) is 0 Å². The number of likely N-dealkylation sites (N-methyl/N-ethyl adjacent to an activating group) is 1. The van der Waals surface area contributed by atoms with Gasteiger partial charge in [-0.15, -0.1) is 0 Å². The summed E-state index contributed by atoms with van der Waals surface area (Å²) < 4.78 is 11.4. The van der Waals surface area contributed by atoms with Gasteiger partial charge in [0.1, 0.15) is 18.5 Å². The van der Waals surface area contributed by atoms with Crippen LogP contribution in [0.15, 0.2) is 23.5 Å². The van der Waals surface area contributed by atoms with Crippen LogP contribution in [0.2, 0.25) is 5.02 Å². The molecule has 40 heavy (non-hydrogen) atoms. The molecule has 4 unspecified atom stereocenters. The van der Waals surface area contributed by atoms with Crippen molar-refractivity contribution >= 4 is 29.4 Å². The van der Waals surface area contributed by atoms with Gasteiger partial charge in [0.05, 0.1) is 29.8 Å². The summed E-state index contributed by atoms with van der Waals surface area (Å²) in [5, 5.41) is 11.8. The van der Waals surface area contributed by atoms with E-state index in [-0.39, 0.29) is 30.9 Å². The minimum Gasteiger partial charge on any atom is -0.487 e. The second-order valence-electron chi connectivity index (χ2n) is 11.1. The first-order chi connectivity index (χ1) is 19.0. The van der Waals surface area contributed by atoms with Crippen LogP contribution >= 0.6 is 11.6 Å². The Balaban J connectivity index is 1.76. The number of carbonyl (C=O) groups is 3. The third-order valence-corrected chi connectivity index (χ3v) is 8.56. The monoisotopic (exact) mass is 577 g/mol. The Kier molecular flexibility index (Phi) is 9.48. The van der Waals surface area contributed by atoms with E-state index < -0.39 is 24.0 Å². The van der Waals surface area contributed by atoms with Crippen LogP contribution in [-0.2, 0) is 25.5 Å². The molecule has 1 aliphatic carbocycles. The summed E-state index contributed by atoms with van der Waals surface area (Å²) in [6, 6.07) is 3.47. The van der Waals surface area contributed by atoms with Crippen molar-refractivity contribution in [3.63, 3.8) is 0 Å². The molecule has 1 aromatic carbocycles. The summed E-state index contributed by atoms with van der Waals surface area (Å²) in [5.41, 5.74) is 8.68. The fraction of sp³-hybridized carbons (Fsp3) is 0.607. The molecule has 12 heteroatoms. The van der Waals surface area contributed by atoms with Crippen LogP contribution in [0.1, 0.15) is 56.3 Å². The number of hydrazine groups is 1. The van der Waals surface area contributed by atoms with Gasteiger partial charge < -0.3 is 35.1 Å². The Morgan fingerprint density at radius 3 is 2.50 bits per heavy atom. The summed E-state index contributed by atoms with van der Waals surface area (Å²) in [6.07, 6.45) is 2.59. The van der Waals surface area contributed by atoms with Gasteiger partial charge in [-0.3, -0.25) is 14.4 Å². The van der Waals surface area contributed by atoms with Crippen LogP contribution in [0.5, 0.6) is 5.75 Å². The van der Waals surface area contributed by atoms with Crippen molar-refractivity contribution in [1.82, 2.24) is 14.8 Å². The van der Waals surface area contributed by atoms with Crippen molar-refractivity contribution in [1.29, 1.82) is 0 Å².